The summed E-state index contributed by atoms with van der Waals surface area (Å²) in [6.07, 6.45) is 11.1. The van der Waals surface area contributed by atoms with Gasteiger partial charge < -0.3 is 4.74 Å². The number of hydrogen-bond acceptors (Lipinski definition) is 1. The number of benzene rings is 1. The van der Waals surface area contributed by atoms with Gasteiger partial charge in [-0.05, 0) is 31.9 Å². The zero-order valence-electron chi connectivity index (χ0n) is 12.0. The minimum atomic E-state index is 0.336. The molecule has 0 aliphatic heterocycles. The van der Waals surface area contributed by atoms with Crippen molar-refractivity contribution in [3.8, 4) is 5.75 Å². The average molecular weight is 248 g/mol. The monoisotopic (exact) mass is 248 g/mol. The summed E-state index contributed by atoms with van der Waals surface area (Å²) in [4.78, 5) is 0. The summed E-state index contributed by atoms with van der Waals surface area (Å²) < 4.78 is 5.86. The first kappa shape index (κ1) is 15.1. The molecule has 0 aliphatic rings. The van der Waals surface area contributed by atoms with Gasteiger partial charge in [0.1, 0.15) is 5.75 Å². The summed E-state index contributed by atoms with van der Waals surface area (Å²) in [5.41, 5.74) is 0. The third-order valence-corrected chi connectivity index (χ3v) is 3.29. The molecular formula is C17H28O. The van der Waals surface area contributed by atoms with Gasteiger partial charge in [0, 0.05) is 0 Å². The zero-order chi connectivity index (χ0) is 13.1. The lowest BCUT2D eigenvalue weighted by atomic mass is 10.1. The van der Waals surface area contributed by atoms with Crippen molar-refractivity contribution in [3.63, 3.8) is 0 Å². The summed E-state index contributed by atoms with van der Waals surface area (Å²) in [5, 5.41) is 0. The van der Waals surface area contributed by atoms with E-state index in [9.17, 15) is 0 Å². The first-order chi connectivity index (χ1) is 8.83. The van der Waals surface area contributed by atoms with Crippen LogP contribution in [0.3, 0.4) is 0 Å². The molecule has 0 N–H and O–H groups in total. The Bertz CT molecular complexity index is 281. The van der Waals surface area contributed by atoms with Gasteiger partial charge in [-0.25, -0.2) is 0 Å². The highest BCUT2D eigenvalue weighted by molar-refractivity contribution is 5.21. The number of para-hydroxylation sites is 1. The molecule has 1 atom stereocenters. The smallest absolute Gasteiger partial charge is 0.119 e. The van der Waals surface area contributed by atoms with Crippen LogP contribution in [0.15, 0.2) is 30.3 Å². The fourth-order valence-corrected chi connectivity index (χ4v) is 2.18. The third kappa shape index (κ3) is 7.37. The van der Waals surface area contributed by atoms with Gasteiger partial charge in [-0.1, -0.05) is 63.6 Å². The molecule has 1 rings (SSSR count). The Kier molecular flexibility index (Phi) is 8.37. The van der Waals surface area contributed by atoms with E-state index < -0.39 is 0 Å². The van der Waals surface area contributed by atoms with Gasteiger partial charge in [0.15, 0.2) is 0 Å². The highest BCUT2D eigenvalue weighted by Gasteiger charge is 2.03. The van der Waals surface area contributed by atoms with Crippen LogP contribution in [0.1, 0.15) is 65.2 Å². The van der Waals surface area contributed by atoms with Crippen LogP contribution in [0, 0.1) is 0 Å². The van der Waals surface area contributed by atoms with Gasteiger partial charge in [-0.2, -0.15) is 0 Å². The molecular weight excluding hydrogens is 220 g/mol. The third-order valence-electron chi connectivity index (χ3n) is 3.29. The second-order valence-corrected chi connectivity index (χ2v) is 5.15. The van der Waals surface area contributed by atoms with Crippen LogP contribution in [0.2, 0.25) is 0 Å². The summed E-state index contributed by atoms with van der Waals surface area (Å²) in [7, 11) is 0. The average Bonchev–Trinajstić information content (AvgIpc) is 2.39. The van der Waals surface area contributed by atoms with Crippen LogP contribution in [0.5, 0.6) is 5.75 Å². The Hall–Kier alpha value is -0.980. The lowest BCUT2D eigenvalue weighted by molar-refractivity contribution is 0.206. The van der Waals surface area contributed by atoms with Gasteiger partial charge in [-0.15, -0.1) is 0 Å². The molecule has 102 valence electrons. The van der Waals surface area contributed by atoms with Crippen molar-refractivity contribution < 1.29 is 4.74 Å². The van der Waals surface area contributed by atoms with E-state index in [2.05, 4.69) is 13.8 Å². The molecule has 0 fully saturated rings. The predicted octanol–water partition coefficient (Wildman–Crippen LogP) is 5.59. The number of rotatable bonds is 10. The maximum Gasteiger partial charge on any atom is 0.119 e. The van der Waals surface area contributed by atoms with Crippen LogP contribution in [-0.4, -0.2) is 6.10 Å². The van der Waals surface area contributed by atoms with Gasteiger partial charge in [-0.3, -0.25) is 0 Å². The van der Waals surface area contributed by atoms with Gasteiger partial charge >= 0.3 is 0 Å². The fourth-order valence-electron chi connectivity index (χ4n) is 2.18. The van der Waals surface area contributed by atoms with Gasteiger partial charge in [0.2, 0.25) is 0 Å². The first-order valence-electron chi connectivity index (χ1n) is 7.54. The largest absolute Gasteiger partial charge is 0.491 e. The molecule has 0 aromatic heterocycles. The molecule has 1 aromatic rings. The minimum Gasteiger partial charge on any atom is -0.491 e. The highest BCUT2D eigenvalue weighted by atomic mass is 16.5. The van der Waals surface area contributed by atoms with E-state index >= 15 is 0 Å². The van der Waals surface area contributed by atoms with E-state index in [1.807, 2.05) is 30.3 Å². The molecule has 0 saturated carbocycles. The summed E-state index contributed by atoms with van der Waals surface area (Å²) in [6.45, 7) is 4.44. The molecule has 0 spiro atoms. The summed E-state index contributed by atoms with van der Waals surface area (Å²) >= 11 is 0. The topological polar surface area (TPSA) is 9.23 Å². The maximum atomic E-state index is 5.86. The van der Waals surface area contributed by atoms with E-state index in [1.54, 1.807) is 0 Å². The van der Waals surface area contributed by atoms with E-state index in [-0.39, 0.29) is 0 Å². The van der Waals surface area contributed by atoms with Crippen molar-refractivity contribution in [1.82, 2.24) is 0 Å². The SMILES string of the molecule is CCCCCCCCCC(C)Oc1ccccc1. The van der Waals surface area contributed by atoms with E-state index in [0.717, 1.165) is 5.75 Å². The number of unbranched alkanes of at least 4 members (excludes halogenated alkanes) is 6. The Labute approximate surface area is 113 Å². The molecule has 0 saturated heterocycles. The predicted molar refractivity (Wildman–Crippen MR) is 79.1 cm³/mol. The van der Waals surface area contributed by atoms with Crippen LogP contribution >= 0.6 is 0 Å². The van der Waals surface area contributed by atoms with Gasteiger partial charge in [0.05, 0.1) is 6.10 Å². The molecule has 1 aromatic carbocycles. The van der Waals surface area contributed by atoms with Crippen molar-refractivity contribution in [1.29, 1.82) is 0 Å². The van der Waals surface area contributed by atoms with Crippen LogP contribution in [0.4, 0.5) is 0 Å². The fraction of sp³-hybridized carbons (Fsp3) is 0.647. The first-order valence-corrected chi connectivity index (χ1v) is 7.54. The molecule has 0 aliphatic carbocycles. The zero-order valence-corrected chi connectivity index (χ0v) is 12.0. The highest BCUT2D eigenvalue weighted by Crippen LogP contribution is 2.15. The second-order valence-electron chi connectivity index (χ2n) is 5.15. The van der Waals surface area contributed by atoms with Crippen molar-refractivity contribution in [3.05, 3.63) is 30.3 Å². The van der Waals surface area contributed by atoms with E-state index in [1.165, 1.54) is 51.4 Å². The Morgan fingerprint density at radius 3 is 2.17 bits per heavy atom. The Morgan fingerprint density at radius 1 is 0.889 bits per heavy atom. The maximum absolute atomic E-state index is 5.86. The molecule has 0 radical (unpaired) electrons. The number of hydrogen-bond donors (Lipinski definition) is 0. The lowest BCUT2D eigenvalue weighted by Gasteiger charge is -2.14. The second kappa shape index (κ2) is 9.99. The normalized spacial score (nSPS) is 12.3. The number of ether oxygens (including phenoxy) is 1. The van der Waals surface area contributed by atoms with Crippen LogP contribution in [-0.2, 0) is 0 Å². The summed E-state index contributed by atoms with van der Waals surface area (Å²) in [5.74, 6) is 0.993. The standard InChI is InChI=1S/C17H28O/c1-3-4-5-6-7-8-10-13-16(2)18-17-14-11-9-12-15-17/h9,11-12,14-16H,3-8,10,13H2,1-2H3. The Morgan fingerprint density at radius 2 is 1.50 bits per heavy atom. The molecule has 1 nitrogen and oxygen atoms in total. The van der Waals surface area contributed by atoms with Gasteiger partial charge in [0.25, 0.3) is 0 Å². The molecule has 0 bridgehead atoms. The molecule has 0 heterocycles. The molecule has 0 amide bonds. The lowest BCUT2D eigenvalue weighted by Crippen LogP contribution is -2.11. The molecule has 18 heavy (non-hydrogen) atoms. The Balaban J connectivity index is 1.99. The quantitative estimate of drug-likeness (QED) is 0.490. The van der Waals surface area contributed by atoms with Crippen LogP contribution < -0.4 is 4.74 Å². The summed E-state index contributed by atoms with van der Waals surface area (Å²) in [6, 6.07) is 10.1. The van der Waals surface area contributed by atoms with E-state index in [4.69, 9.17) is 4.74 Å². The molecule has 1 heteroatoms. The van der Waals surface area contributed by atoms with Crippen molar-refractivity contribution >= 4 is 0 Å². The molecule has 1 unspecified atom stereocenters. The van der Waals surface area contributed by atoms with Crippen molar-refractivity contribution in [2.24, 2.45) is 0 Å². The van der Waals surface area contributed by atoms with Crippen LogP contribution in [0.25, 0.3) is 0 Å². The minimum absolute atomic E-state index is 0.336. The van der Waals surface area contributed by atoms with Crippen molar-refractivity contribution in [2.75, 3.05) is 0 Å². The van der Waals surface area contributed by atoms with Crippen molar-refractivity contribution in [2.45, 2.75) is 71.3 Å². The van der Waals surface area contributed by atoms with E-state index in [0.29, 0.717) is 6.10 Å².